The molecule has 0 saturated heterocycles. The molecule has 0 aliphatic carbocycles. The molecule has 5 nitrogen and oxygen atoms in total. The quantitative estimate of drug-likeness (QED) is 0.852. The molecule has 0 fully saturated rings. The first-order valence-electron chi connectivity index (χ1n) is 6.66. The zero-order valence-electron chi connectivity index (χ0n) is 11.5. The number of aromatic nitrogens is 4. The minimum atomic E-state index is 0.0533. The molecule has 0 bridgehead atoms. The Morgan fingerprint density at radius 2 is 1.95 bits per heavy atom. The Morgan fingerprint density at radius 1 is 1.21 bits per heavy atom. The van der Waals surface area contributed by atoms with E-state index in [1.54, 1.807) is 18.7 Å². The van der Waals surface area contributed by atoms with Crippen LogP contribution in [-0.4, -0.2) is 25.8 Å². The van der Waals surface area contributed by atoms with Crippen LogP contribution < -0.4 is 5.73 Å². The minimum absolute atomic E-state index is 0.0533. The van der Waals surface area contributed by atoms with Gasteiger partial charge in [-0.2, -0.15) is 5.10 Å². The van der Waals surface area contributed by atoms with Gasteiger partial charge in [0.2, 0.25) is 0 Å². The van der Waals surface area contributed by atoms with Crippen LogP contribution in [0.15, 0.2) is 30.9 Å². The lowest BCUT2D eigenvalue weighted by Crippen LogP contribution is -2.27. The van der Waals surface area contributed by atoms with Crippen molar-refractivity contribution in [3.05, 3.63) is 42.2 Å². The lowest BCUT2D eigenvalue weighted by Gasteiger charge is -2.13. The zero-order chi connectivity index (χ0) is 13.7. The summed E-state index contributed by atoms with van der Waals surface area (Å²) in [6, 6.07) is 4.05. The van der Waals surface area contributed by atoms with Gasteiger partial charge in [-0.1, -0.05) is 13.8 Å². The summed E-state index contributed by atoms with van der Waals surface area (Å²) in [6.07, 6.45) is 6.77. The Bertz CT molecular complexity index is 492. The third kappa shape index (κ3) is 4.13. The maximum atomic E-state index is 6.20. The van der Waals surface area contributed by atoms with Crippen LogP contribution in [0.5, 0.6) is 0 Å². The molecule has 102 valence electrons. The van der Waals surface area contributed by atoms with Crippen molar-refractivity contribution < 1.29 is 0 Å². The van der Waals surface area contributed by atoms with Gasteiger partial charge < -0.3 is 5.73 Å². The van der Waals surface area contributed by atoms with E-state index in [1.807, 2.05) is 16.8 Å². The molecule has 2 rings (SSSR count). The van der Waals surface area contributed by atoms with Gasteiger partial charge in [-0.3, -0.25) is 4.98 Å². The van der Waals surface area contributed by atoms with Crippen LogP contribution in [0.25, 0.3) is 0 Å². The van der Waals surface area contributed by atoms with Gasteiger partial charge in [0, 0.05) is 31.4 Å². The number of rotatable bonds is 6. The Hall–Kier alpha value is -1.75. The zero-order valence-corrected chi connectivity index (χ0v) is 11.5. The monoisotopic (exact) mass is 259 g/mol. The topological polar surface area (TPSA) is 69.6 Å². The summed E-state index contributed by atoms with van der Waals surface area (Å²) < 4.78 is 1.96. The van der Waals surface area contributed by atoms with E-state index in [9.17, 15) is 0 Å². The molecule has 19 heavy (non-hydrogen) atoms. The standard InChI is InChI=1S/C14H21N5/c1-11(2)9-19-14(17-10-18-19)8-13(15)7-12-3-5-16-6-4-12/h3-6,10-11,13H,7-9,15H2,1-2H3. The fourth-order valence-electron chi connectivity index (χ4n) is 2.07. The maximum absolute atomic E-state index is 6.20. The molecule has 1 unspecified atom stereocenters. The van der Waals surface area contributed by atoms with Crippen LogP contribution in [-0.2, 0) is 19.4 Å². The van der Waals surface area contributed by atoms with Gasteiger partial charge in [-0.15, -0.1) is 0 Å². The molecule has 0 aromatic carbocycles. The highest BCUT2D eigenvalue weighted by molar-refractivity contribution is 5.11. The summed E-state index contributed by atoms with van der Waals surface area (Å²) in [5.74, 6) is 1.52. The van der Waals surface area contributed by atoms with E-state index >= 15 is 0 Å². The second kappa shape index (κ2) is 6.43. The average Bonchev–Trinajstić information content (AvgIpc) is 2.77. The molecule has 2 heterocycles. The Balaban J connectivity index is 1.95. The number of pyridine rings is 1. The van der Waals surface area contributed by atoms with Crippen molar-refractivity contribution in [1.29, 1.82) is 0 Å². The van der Waals surface area contributed by atoms with E-state index in [4.69, 9.17) is 5.73 Å². The third-order valence-electron chi connectivity index (χ3n) is 2.93. The van der Waals surface area contributed by atoms with Crippen molar-refractivity contribution in [1.82, 2.24) is 19.7 Å². The Labute approximate surface area is 113 Å². The predicted octanol–water partition coefficient (Wildman–Crippen LogP) is 1.44. The van der Waals surface area contributed by atoms with Crippen LogP contribution in [0.4, 0.5) is 0 Å². The molecule has 5 heteroatoms. The molecule has 2 aromatic heterocycles. The first-order valence-corrected chi connectivity index (χ1v) is 6.66. The summed E-state index contributed by atoms with van der Waals surface area (Å²) in [5.41, 5.74) is 7.40. The van der Waals surface area contributed by atoms with Crippen molar-refractivity contribution in [2.24, 2.45) is 11.7 Å². The van der Waals surface area contributed by atoms with Gasteiger partial charge in [0.1, 0.15) is 12.2 Å². The molecule has 0 aliphatic rings. The highest BCUT2D eigenvalue weighted by Crippen LogP contribution is 2.07. The van der Waals surface area contributed by atoms with Crippen LogP contribution in [0, 0.1) is 5.92 Å². The van der Waals surface area contributed by atoms with E-state index in [2.05, 4.69) is 28.9 Å². The maximum Gasteiger partial charge on any atom is 0.138 e. The normalized spacial score (nSPS) is 12.8. The van der Waals surface area contributed by atoms with Crippen molar-refractivity contribution in [3.8, 4) is 0 Å². The summed E-state index contributed by atoms with van der Waals surface area (Å²) in [7, 11) is 0. The molecular formula is C14H21N5. The third-order valence-corrected chi connectivity index (χ3v) is 2.93. The second-order valence-corrected chi connectivity index (χ2v) is 5.28. The van der Waals surface area contributed by atoms with Gasteiger partial charge in [0.15, 0.2) is 0 Å². The Morgan fingerprint density at radius 3 is 2.63 bits per heavy atom. The number of hydrogen-bond acceptors (Lipinski definition) is 4. The highest BCUT2D eigenvalue weighted by Gasteiger charge is 2.11. The highest BCUT2D eigenvalue weighted by atomic mass is 15.3. The van der Waals surface area contributed by atoms with Crippen molar-refractivity contribution in [2.45, 2.75) is 39.3 Å². The van der Waals surface area contributed by atoms with Crippen molar-refractivity contribution in [3.63, 3.8) is 0 Å². The number of hydrogen-bond donors (Lipinski definition) is 1. The first kappa shape index (κ1) is 13.7. The Kier molecular flexibility index (Phi) is 4.63. The van der Waals surface area contributed by atoms with E-state index in [-0.39, 0.29) is 6.04 Å². The van der Waals surface area contributed by atoms with Crippen molar-refractivity contribution >= 4 is 0 Å². The molecular weight excluding hydrogens is 238 g/mol. The molecule has 0 aliphatic heterocycles. The van der Waals surface area contributed by atoms with Crippen LogP contribution in [0.2, 0.25) is 0 Å². The molecule has 2 aromatic rings. The summed E-state index contributed by atoms with van der Waals surface area (Å²) in [4.78, 5) is 8.32. The average molecular weight is 259 g/mol. The lowest BCUT2D eigenvalue weighted by atomic mass is 10.0. The minimum Gasteiger partial charge on any atom is -0.327 e. The summed E-state index contributed by atoms with van der Waals surface area (Å²) in [6.45, 7) is 5.22. The first-order chi connectivity index (χ1) is 9.15. The van der Waals surface area contributed by atoms with E-state index in [1.165, 1.54) is 5.56 Å². The van der Waals surface area contributed by atoms with Gasteiger partial charge in [0.05, 0.1) is 0 Å². The fourth-order valence-corrected chi connectivity index (χ4v) is 2.07. The molecule has 0 amide bonds. The van der Waals surface area contributed by atoms with Crippen molar-refractivity contribution in [2.75, 3.05) is 0 Å². The number of nitrogens with two attached hydrogens (primary N) is 1. The molecule has 1 atom stereocenters. The largest absolute Gasteiger partial charge is 0.327 e. The summed E-state index contributed by atoms with van der Waals surface area (Å²) >= 11 is 0. The van der Waals surface area contributed by atoms with Crippen LogP contribution in [0.1, 0.15) is 25.2 Å². The molecule has 0 radical (unpaired) electrons. The van der Waals surface area contributed by atoms with E-state index in [0.29, 0.717) is 5.92 Å². The molecule has 0 spiro atoms. The van der Waals surface area contributed by atoms with Gasteiger partial charge in [-0.05, 0) is 30.0 Å². The van der Waals surface area contributed by atoms with Gasteiger partial charge in [0.25, 0.3) is 0 Å². The summed E-state index contributed by atoms with van der Waals surface area (Å²) in [5, 5.41) is 4.26. The SMILES string of the molecule is CC(C)Cn1ncnc1CC(N)Cc1ccncc1. The second-order valence-electron chi connectivity index (χ2n) is 5.28. The van der Waals surface area contributed by atoms with Crippen LogP contribution in [0.3, 0.4) is 0 Å². The molecule has 0 saturated carbocycles. The van der Waals surface area contributed by atoms with Gasteiger partial charge >= 0.3 is 0 Å². The van der Waals surface area contributed by atoms with Gasteiger partial charge in [-0.25, -0.2) is 9.67 Å². The lowest BCUT2D eigenvalue weighted by molar-refractivity contribution is 0.457. The fraction of sp³-hybridized carbons (Fsp3) is 0.500. The van der Waals surface area contributed by atoms with E-state index in [0.717, 1.165) is 25.2 Å². The van der Waals surface area contributed by atoms with Crippen LogP contribution >= 0.6 is 0 Å². The predicted molar refractivity (Wildman–Crippen MR) is 74.5 cm³/mol. The molecule has 2 N–H and O–H groups in total. The van der Waals surface area contributed by atoms with E-state index < -0.39 is 0 Å². The number of nitrogens with zero attached hydrogens (tertiary/aromatic N) is 4. The smallest absolute Gasteiger partial charge is 0.138 e.